The predicted molar refractivity (Wildman–Crippen MR) is 120 cm³/mol. The Morgan fingerprint density at radius 2 is 1.97 bits per heavy atom. The summed E-state index contributed by atoms with van der Waals surface area (Å²) in [5, 5.41) is 2.65. The molecular formula is C23H21F2N3O3S. The van der Waals surface area contributed by atoms with E-state index in [0.29, 0.717) is 16.0 Å². The highest BCUT2D eigenvalue weighted by atomic mass is 32.1. The Morgan fingerprint density at radius 1 is 1.25 bits per heavy atom. The summed E-state index contributed by atoms with van der Waals surface area (Å²) in [6.45, 7) is 2.89. The monoisotopic (exact) mass is 457 g/mol. The van der Waals surface area contributed by atoms with Crippen LogP contribution >= 0.6 is 11.3 Å². The Morgan fingerprint density at radius 3 is 2.66 bits per heavy atom. The van der Waals surface area contributed by atoms with Gasteiger partial charge in [-0.2, -0.15) is 0 Å². The zero-order valence-electron chi connectivity index (χ0n) is 17.5. The largest absolute Gasteiger partial charge is 0.347 e. The third-order valence-corrected chi connectivity index (χ3v) is 6.59. The van der Waals surface area contributed by atoms with Crippen LogP contribution in [0.4, 0.5) is 8.78 Å². The molecule has 2 atom stereocenters. The second-order valence-corrected chi connectivity index (χ2v) is 8.90. The minimum Gasteiger partial charge on any atom is -0.347 e. The van der Waals surface area contributed by atoms with E-state index < -0.39 is 29.0 Å². The van der Waals surface area contributed by atoms with Crippen LogP contribution in [0.2, 0.25) is 0 Å². The zero-order valence-corrected chi connectivity index (χ0v) is 18.3. The van der Waals surface area contributed by atoms with Crippen molar-refractivity contribution in [1.29, 1.82) is 0 Å². The number of carbonyl (C=O) groups is 1. The van der Waals surface area contributed by atoms with Gasteiger partial charge in [-0.25, -0.2) is 13.6 Å². The van der Waals surface area contributed by atoms with E-state index in [1.807, 2.05) is 30.3 Å². The van der Waals surface area contributed by atoms with Crippen LogP contribution in [0.1, 0.15) is 27.7 Å². The molecule has 0 aliphatic heterocycles. The smallest absolute Gasteiger partial charge is 0.336 e. The summed E-state index contributed by atoms with van der Waals surface area (Å²) in [6, 6.07) is 9.15. The van der Waals surface area contributed by atoms with Crippen molar-refractivity contribution in [2.45, 2.75) is 32.2 Å². The number of aromatic nitrogens is 2. The number of hydrogen-bond acceptors (Lipinski definition) is 4. The van der Waals surface area contributed by atoms with Crippen LogP contribution in [0.25, 0.3) is 4.83 Å². The van der Waals surface area contributed by atoms with E-state index in [1.54, 1.807) is 6.92 Å². The lowest BCUT2D eigenvalue weighted by Gasteiger charge is -2.23. The molecule has 0 fully saturated rings. The number of aryl methyl sites for hydroxylation is 1. The molecule has 1 aliphatic rings. The molecule has 0 bridgehead atoms. The van der Waals surface area contributed by atoms with Crippen molar-refractivity contribution in [2.24, 2.45) is 0 Å². The van der Waals surface area contributed by atoms with E-state index in [9.17, 15) is 23.2 Å². The van der Waals surface area contributed by atoms with Crippen molar-refractivity contribution in [3.05, 3.63) is 97.2 Å². The molecule has 1 aromatic carbocycles. The number of benzene rings is 1. The van der Waals surface area contributed by atoms with E-state index in [2.05, 4.69) is 5.32 Å². The van der Waals surface area contributed by atoms with Gasteiger partial charge < -0.3 is 5.32 Å². The van der Waals surface area contributed by atoms with Crippen molar-refractivity contribution in [2.75, 3.05) is 6.54 Å². The van der Waals surface area contributed by atoms with Crippen molar-refractivity contribution in [1.82, 2.24) is 14.3 Å². The van der Waals surface area contributed by atoms with Crippen LogP contribution in [-0.4, -0.2) is 33.3 Å². The first-order valence-corrected chi connectivity index (χ1v) is 10.8. The van der Waals surface area contributed by atoms with Gasteiger partial charge in [-0.1, -0.05) is 36.4 Å². The highest BCUT2D eigenvalue weighted by molar-refractivity contribution is 7.19. The third kappa shape index (κ3) is 4.08. The average Bonchev–Trinajstić information content (AvgIpc) is 3.23. The molecule has 2 unspecified atom stereocenters. The molecule has 9 heteroatoms. The maximum Gasteiger partial charge on any atom is 0.336 e. The molecule has 4 rings (SSSR count). The van der Waals surface area contributed by atoms with Crippen LogP contribution in [0, 0.1) is 6.92 Å². The summed E-state index contributed by atoms with van der Waals surface area (Å²) >= 11 is 1.03. The number of carbonyl (C=O) groups excluding carboxylic acids is 1. The predicted octanol–water partition coefficient (Wildman–Crippen LogP) is 3.17. The number of nitrogens with one attached hydrogen (secondary N) is 1. The maximum absolute atomic E-state index is 13.8. The number of nitrogens with zero attached hydrogens (tertiary/aromatic N) is 2. The molecule has 1 N–H and O–H groups in total. The number of fused-ring (bicyclic) bond motifs is 1. The van der Waals surface area contributed by atoms with Crippen LogP contribution in [0.3, 0.4) is 0 Å². The molecule has 6 nitrogen and oxygen atoms in total. The fourth-order valence-electron chi connectivity index (χ4n) is 3.43. The number of hydrogen-bond donors (Lipinski definition) is 1. The van der Waals surface area contributed by atoms with E-state index in [-0.39, 0.29) is 18.0 Å². The normalized spacial score (nSPS) is 20.4. The van der Waals surface area contributed by atoms with Crippen molar-refractivity contribution in [3.63, 3.8) is 0 Å². The molecule has 2 aromatic heterocycles. The van der Waals surface area contributed by atoms with E-state index in [0.717, 1.165) is 40.5 Å². The number of allylic oxidation sites excluding steroid dienone is 2. The van der Waals surface area contributed by atoms with Crippen molar-refractivity contribution < 1.29 is 13.6 Å². The van der Waals surface area contributed by atoms with Crippen LogP contribution in [0.5, 0.6) is 0 Å². The van der Waals surface area contributed by atoms with E-state index in [4.69, 9.17) is 0 Å². The van der Waals surface area contributed by atoms with Crippen LogP contribution < -0.4 is 16.6 Å². The fraction of sp³-hybridized carbons (Fsp3) is 0.261. The van der Waals surface area contributed by atoms with Gasteiger partial charge in [0.1, 0.15) is 9.71 Å². The number of alkyl halides is 2. The zero-order chi connectivity index (χ0) is 23.0. The third-order valence-electron chi connectivity index (χ3n) is 5.38. The van der Waals surface area contributed by atoms with Crippen molar-refractivity contribution in [3.8, 4) is 0 Å². The van der Waals surface area contributed by atoms with Gasteiger partial charge >= 0.3 is 5.69 Å². The first-order chi connectivity index (χ1) is 15.2. The molecule has 0 saturated heterocycles. The van der Waals surface area contributed by atoms with E-state index in [1.165, 1.54) is 16.7 Å². The molecule has 2 heterocycles. The number of thiazole rings is 1. The Balaban J connectivity index is 1.60. The summed E-state index contributed by atoms with van der Waals surface area (Å²) in [5.74, 6) is -0.474. The molecule has 1 amide bonds. The Kier molecular flexibility index (Phi) is 5.68. The molecule has 0 saturated carbocycles. The number of halogens is 2. The lowest BCUT2D eigenvalue weighted by atomic mass is 9.94. The topological polar surface area (TPSA) is 72.6 Å². The molecule has 166 valence electrons. The molecule has 32 heavy (non-hydrogen) atoms. The Bertz CT molecular complexity index is 1370. The van der Waals surface area contributed by atoms with Gasteiger partial charge in [0.05, 0.1) is 6.54 Å². The average molecular weight is 458 g/mol. The first-order valence-electron chi connectivity index (χ1n) is 9.98. The minimum atomic E-state index is -2.07. The molecule has 0 spiro atoms. The number of rotatable bonds is 5. The molecule has 1 aliphatic carbocycles. The van der Waals surface area contributed by atoms with Gasteiger partial charge in [-0.05, 0) is 37.1 Å². The summed E-state index contributed by atoms with van der Waals surface area (Å²) in [5.41, 5.74) is -1.39. The van der Waals surface area contributed by atoms with Gasteiger partial charge in [-0.15, -0.1) is 11.3 Å². The summed E-state index contributed by atoms with van der Waals surface area (Å²) in [4.78, 5) is 39.0. The number of amides is 1. The molecule has 0 radical (unpaired) electrons. The van der Waals surface area contributed by atoms with Crippen LogP contribution in [0.15, 0.2) is 69.9 Å². The highest BCUT2D eigenvalue weighted by Crippen LogP contribution is 2.27. The summed E-state index contributed by atoms with van der Waals surface area (Å²) in [6.07, 6.45) is 3.30. The highest BCUT2D eigenvalue weighted by Gasteiger charge is 2.32. The van der Waals surface area contributed by atoms with Gasteiger partial charge in [0.25, 0.3) is 11.5 Å². The molecular weight excluding hydrogens is 436 g/mol. The lowest BCUT2D eigenvalue weighted by Crippen LogP contribution is -2.38. The Labute approximate surface area is 186 Å². The summed E-state index contributed by atoms with van der Waals surface area (Å²) < 4.78 is 30.1. The quantitative estimate of drug-likeness (QED) is 0.640. The SMILES string of the molecule is Cc1c(=O)n(Cc2ccccc2)c(=O)n2cc(C(=O)NCC3=CC(F)C(C)(F)C=C3)sc12. The summed E-state index contributed by atoms with van der Waals surface area (Å²) in [7, 11) is 0. The Hall–Kier alpha value is -3.33. The minimum absolute atomic E-state index is 0.00870. The van der Waals surface area contributed by atoms with Gasteiger partial charge in [0.2, 0.25) is 0 Å². The fourth-order valence-corrected chi connectivity index (χ4v) is 4.43. The van der Waals surface area contributed by atoms with Gasteiger partial charge in [0.15, 0.2) is 11.8 Å². The van der Waals surface area contributed by atoms with Crippen LogP contribution in [-0.2, 0) is 6.54 Å². The molecule has 3 aromatic rings. The maximum atomic E-state index is 13.8. The first kappa shape index (κ1) is 21.9. The van der Waals surface area contributed by atoms with Gasteiger partial charge in [0, 0.05) is 18.3 Å². The second kappa shape index (κ2) is 8.31. The standard InChI is InChI=1S/C23H21F2N3O3S/c1-14-20(30)27(12-15-6-4-3-5-7-15)22(31)28-13-17(32-21(14)28)19(29)26-11-16-8-9-23(2,25)18(24)10-16/h3-10,13,18H,11-12H2,1-2H3,(H,26,29). The van der Waals surface area contributed by atoms with Crippen molar-refractivity contribution >= 4 is 22.1 Å². The second-order valence-electron chi connectivity index (χ2n) is 7.87. The van der Waals surface area contributed by atoms with E-state index >= 15 is 0 Å². The van der Waals surface area contributed by atoms with Gasteiger partial charge in [-0.3, -0.25) is 18.6 Å². The lowest BCUT2D eigenvalue weighted by molar-refractivity contribution is 0.0960.